The highest BCUT2D eigenvalue weighted by Gasteiger charge is 2.09. The maximum atomic E-state index is 11.6. The number of fused-ring (bicyclic) bond motifs is 1. The number of terminal acetylenes is 1. The second-order valence-electron chi connectivity index (χ2n) is 2.68. The summed E-state index contributed by atoms with van der Waals surface area (Å²) in [6.45, 7) is 0.0242. The van der Waals surface area contributed by atoms with Gasteiger partial charge in [0.1, 0.15) is 18.6 Å². The number of aldehydes is 1. The molecule has 0 saturated heterocycles. The Bertz CT molecular complexity index is 618. The van der Waals surface area contributed by atoms with E-state index in [4.69, 9.17) is 6.42 Å². The topological polar surface area (TPSA) is 82.2 Å². The van der Waals surface area contributed by atoms with E-state index in [0.29, 0.717) is 6.29 Å². The molecule has 2 aromatic heterocycles. The molecule has 0 N–H and O–H groups in total. The predicted molar refractivity (Wildman–Crippen MR) is 49.3 cm³/mol. The maximum Gasteiger partial charge on any atom is 0.353 e. The lowest BCUT2D eigenvalue weighted by molar-refractivity contribution is 0.112. The van der Waals surface area contributed by atoms with Crippen LogP contribution >= 0.6 is 0 Å². The van der Waals surface area contributed by atoms with Crippen molar-refractivity contribution in [3.05, 3.63) is 22.5 Å². The highest BCUT2D eigenvalue weighted by atomic mass is 16.2. The van der Waals surface area contributed by atoms with Crippen LogP contribution in [0.1, 0.15) is 10.5 Å². The third-order valence-corrected chi connectivity index (χ3v) is 1.80. The van der Waals surface area contributed by atoms with Crippen LogP contribution in [0.4, 0.5) is 0 Å². The van der Waals surface area contributed by atoms with Crippen LogP contribution in [0.15, 0.2) is 11.1 Å². The lowest BCUT2D eigenvalue weighted by Gasteiger charge is -1.97. The Morgan fingerprint density at radius 3 is 3.07 bits per heavy atom. The van der Waals surface area contributed by atoms with Gasteiger partial charge in [-0.15, -0.1) is 11.5 Å². The summed E-state index contributed by atoms with van der Waals surface area (Å²) in [6, 6.07) is 0. The molecule has 0 aliphatic heterocycles. The standard InChI is InChI=1S/C8H5N5O2/c1-2-3-13-8(15)12-5-9-6(4-14)7(12)10-11-13/h1,4-5H,3H2. The number of hydrogen-bond donors (Lipinski definition) is 0. The molecule has 15 heavy (non-hydrogen) atoms. The second-order valence-corrected chi connectivity index (χ2v) is 2.68. The lowest BCUT2D eigenvalue weighted by Crippen LogP contribution is -2.29. The van der Waals surface area contributed by atoms with Gasteiger partial charge in [0.05, 0.1) is 0 Å². The minimum atomic E-state index is -0.474. The first-order chi connectivity index (χ1) is 7.27. The average molecular weight is 203 g/mol. The normalized spacial score (nSPS) is 10.1. The van der Waals surface area contributed by atoms with Crippen LogP contribution in [0, 0.1) is 12.3 Å². The van der Waals surface area contributed by atoms with Crippen LogP contribution in [-0.2, 0) is 6.54 Å². The largest absolute Gasteiger partial charge is 0.353 e. The van der Waals surface area contributed by atoms with Crippen LogP contribution in [-0.4, -0.2) is 30.7 Å². The fourth-order valence-corrected chi connectivity index (χ4v) is 1.12. The molecule has 0 amide bonds. The Labute approximate surface area is 83.4 Å². The summed E-state index contributed by atoms with van der Waals surface area (Å²) in [5.74, 6) is 2.27. The van der Waals surface area contributed by atoms with Crippen LogP contribution in [0.2, 0.25) is 0 Å². The van der Waals surface area contributed by atoms with Gasteiger partial charge in [0.2, 0.25) is 0 Å². The maximum absolute atomic E-state index is 11.6. The van der Waals surface area contributed by atoms with Crippen molar-refractivity contribution < 1.29 is 4.79 Å². The molecule has 2 heterocycles. The number of hydrogen-bond acceptors (Lipinski definition) is 5. The predicted octanol–water partition coefficient (Wildman–Crippen LogP) is -1.27. The van der Waals surface area contributed by atoms with Crippen molar-refractivity contribution in [1.82, 2.24) is 24.4 Å². The molecule has 0 bridgehead atoms. The summed E-state index contributed by atoms with van der Waals surface area (Å²) in [5.41, 5.74) is -0.269. The zero-order valence-electron chi connectivity index (χ0n) is 7.49. The van der Waals surface area contributed by atoms with Crippen LogP contribution in [0.25, 0.3) is 5.65 Å². The SMILES string of the molecule is C#CCn1nnc2c(C=O)ncn2c1=O. The van der Waals surface area contributed by atoms with Gasteiger partial charge in [0, 0.05) is 0 Å². The molecule has 0 atom stereocenters. The van der Waals surface area contributed by atoms with Crippen LogP contribution in [0.5, 0.6) is 0 Å². The smallest absolute Gasteiger partial charge is 0.296 e. The van der Waals surface area contributed by atoms with Gasteiger partial charge in [-0.3, -0.25) is 4.79 Å². The van der Waals surface area contributed by atoms with Crippen LogP contribution in [0.3, 0.4) is 0 Å². The van der Waals surface area contributed by atoms with E-state index in [2.05, 4.69) is 21.2 Å². The van der Waals surface area contributed by atoms with E-state index in [-0.39, 0.29) is 17.9 Å². The fourth-order valence-electron chi connectivity index (χ4n) is 1.12. The summed E-state index contributed by atoms with van der Waals surface area (Å²) in [6.07, 6.45) is 6.77. The summed E-state index contributed by atoms with van der Waals surface area (Å²) in [5, 5.41) is 7.25. The molecule has 0 aliphatic rings. The number of aromatic nitrogens is 5. The molecule has 7 heteroatoms. The molecule has 0 saturated carbocycles. The molecule has 74 valence electrons. The third kappa shape index (κ3) is 1.28. The summed E-state index contributed by atoms with van der Waals surface area (Å²) >= 11 is 0. The number of carbonyl (C=O) groups excluding carboxylic acids is 1. The van der Waals surface area contributed by atoms with Crippen LogP contribution < -0.4 is 5.69 Å². The molecule has 0 aromatic carbocycles. The first-order valence-electron chi connectivity index (χ1n) is 3.97. The van der Waals surface area contributed by atoms with Crippen molar-refractivity contribution in [2.75, 3.05) is 0 Å². The van der Waals surface area contributed by atoms with E-state index >= 15 is 0 Å². The highest BCUT2D eigenvalue weighted by molar-refractivity contribution is 5.80. The van der Waals surface area contributed by atoms with E-state index in [1.807, 2.05) is 0 Å². The summed E-state index contributed by atoms with van der Waals surface area (Å²) in [7, 11) is 0. The molecule has 2 aromatic rings. The molecule has 7 nitrogen and oxygen atoms in total. The number of rotatable bonds is 2. The monoisotopic (exact) mass is 203 g/mol. The minimum absolute atomic E-state index is 0.0242. The summed E-state index contributed by atoms with van der Waals surface area (Å²) in [4.78, 5) is 25.8. The van der Waals surface area contributed by atoms with Gasteiger partial charge in [0.25, 0.3) is 0 Å². The lowest BCUT2D eigenvalue weighted by atomic mass is 10.5. The van der Waals surface area contributed by atoms with Crippen molar-refractivity contribution >= 4 is 11.9 Å². The Kier molecular flexibility index (Phi) is 2.02. The molecule has 0 radical (unpaired) electrons. The number of nitrogens with zero attached hydrogens (tertiary/aromatic N) is 5. The zero-order valence-corrected chi connectivity index (χ0v) is 7.49. The number of imidazole rings is 1. The minimum Gasteiger partial charge on any atom is -0.296 e. The Morgan fingerprint density at radius 1 is 1.60 bits per heavy atom. The van der Waals surface area contributed by atoms with E-state index in [1.165, 1.54) is 6.33 Å². The van der Waals surface area contributed by atoms with Gasteiger partial charge in [-0.25, -0.2) is 14.2 Å². The van der Waals surface area contributed by atoms with Gasteiger partial charge in [-0.1, -0.05) is 11.1 Å². The molecule has 0 aliphatic carbocycles. The van der Waals surface area contributed by atoms with Gasteiger partial charge in [-0.05, 0) is 0 Å². The molecular weight excluding hydrogens is 198 g/mol. The second kappa shape index (κ2) is 3.34. The van der Waals surface area contributed by atoms with E-state index in [1.54, 1.807) is 0 Å². The fraction of sp³-hybridized carbons (Fsp3) is 0.125. The van der Waals surface area contributed by atoms with E-state index < -0.39 is 5.69 Å². The summed E-state index contributed by atoms with van der Waals surface area (Å²) < 4.78 is 2.12. The Hall–Kier alpha value is -2.49. The van der Waals surface area contributed by atoms with Crippen molar-refractivity contribution in [1.29, 1.82) is 0 Å². The van der Waals surface area contributed by atoms with E-state index in [0.717, 1.165) is 9.08 Å². The molecular formula is C8H5N5O2. The van der Waals surface area contributed by atoms with Crippen molar-refractivity contribution in [2.24, 2.45) is 0 Å². The highest BCUT2D eigenvalue weighted by Crippen LogP contribution is 1.97. The molecule has 0 fully saturated rings. The van der Waals surface area contributed by atoms with Gasteiger partial charge < -0.3 is 0 Å². The molecule has 0 spiro atoms. The average Bonchev–Trinajstić information content (AvgIpc) is 2.66. The zero-order chi connectivity index (χ0) is 10.8. The van der Waals surface area contributed by atoms with Gasteiger partial charge >= 0.3 is 5.69 Å². The van der Waals surface area contributed by atoms with Gasteiger partial charge in [0.15, 0.2) is 11.9 Å². The van der Waals surface area contributed by atoms with Crippen molar-refractivity contribution in [3.8, 4) is 12.3 Å². The quantitative estimate of drug-likeness (QED) is 0.449. The van der Waals surface area contributed by atoms with Crippen molar-refractivity contribution in [2.45, 2.75) is 6.54 Å². The van der Waals surface area contributed by atoms with Crippen molar-refractivity contribution in [3.63, 3.8) is 0 Å². The first-order valence-corrected chi connectivity index (χ1v) is 3.97. The van der Waals surface area contributed by atoms with E-state index in [9.17, 15) is 9.59 Å². The molecule has 2 rings (SSSR count). The first kappa shape index (κ1) is 9.08. The Morgan fingerprint density at radius 2 is 2.40 bits per heavy atom. The van der Waals surface area contributed by atoms with Gasteiger partial charge in [-0.2, -0.15) is 4.68 Å². The number of carbonyl (C=O) groups is 1. The molecule has 0 unspecified atom stereocenters. The third-order valence-electron chi connectivity index (χ3n) is 1.80. The Balaban J connectivity index is 2.77.